The van der Waals surface area contributed by atoms with E-state index in [1.165, 1.54) is 38.9 Å². The summed E-state index contributed by atoms with van der Waals surface area (Å²) in [5.41, 5.74) is 1.53. The lowest BCUT2D eigenvalue weighted by atomic mass is 10.1. The van der Waals surface area contributed by atoms with Crippen molar-refractivity contribution >= 4 is 37.5 Å². The van der Waals surface area contributed by atoms with Crippen LogP contribution in [0.2, 0.25) is 0 Å². The number of nitrogens with zero attached hydrogens (tertiary/aromatic N) is 2. The van der Waals surface area contributed by atoms with E-state index in [1.807, 2.05) is 0 Å². The Bertz CT molecular complexity index is 1270. The summed E-state index contributed by atoms with van der Waals surface area (Å²) < 4.78 is 65.7. The lowest BCUT2D eigenvalue weighted by Gasteiger charge is -2.26. The average molecular weight is 510 g/mol. The molecule has 0 aromatic heterocycles. The Morgan fingerprint density at radius 1 is 1.03 bits per heavy atom. The van der Waals surface area contributed by atoms with Gasteiger partial charge in [0.1, 0.15) is 0 Å². The van der Waals surface area contributed by atoms with E-state index in [4.69, 9.17) is 9.47 Å². The van der Waals surface area contributed by atoms with Gasteiger partial charge >= 0.3 is 6.09 Å². The van der Waals surface area contributed by atoms with Crippen molar-refractivity contribution < 1.29 is 31.1 Å². The fourth-order valence-corrected chi connectivity index (χ4v) is 7.30. The van der Waals surface area contributed by atoms with Gasteiger partial charge in [-0.2, -0.15) is 4.31 Å². The number of ether oxygens (including phenoxy) is 2. The maximum absolute atomic E-state index is 13.4. The van der Waals surface area contributed by atoms with Crippen molar-refractivity contribution in [3.63, 3.8) is 0 Å². The zero-order valence-corrected chi connectivity index (χ0v) is 20.6. The number of hydrogen-bond acceptors (Lipinski definition) is 7. The number of carbonyl (C=O) groups is 1. The van der Waals surface area contributed by atoms with Crippen LogP contribution in [0.15, 0.2) is 52.3 Å². The van der Waals surface area contributed by atoms with E-state index in [1.54, 1.807) is 26.0 Å². The Balaban J connectivity index is 1.60. The summed E-state index contributed by atoms with van der Waals surface area (Å²) in [6.07, 6.45) is -0.230. The standard InChI is InChI=1S/C22H27N3O7S2/c1-3-32-22(26)23-18-4-6-19(7-5-18)34(29,30)25-16(2)14-17-15-20(8-9-21(17)25)33(27,28)24-10-12-31-13-11-24/h4-9,15-16H,3,10-14H2,1-2H3,(H,23,26)/t16-/m1/s1. The first kappa shape index (κ1) is 24.5. The van der Waals surface area contributed by atoms with Gasteiger partial charge < -0.3 is 9.47 Å². The second-order valence-electron chi connectivity index (χ2n) is 8.03. The monoisotopic (exact) mass is 509 g/mol. The number of anilines is 2. The van der Waals surface area contributed by atoms with Crippen LogP contribution >= 0.6 is 0 Å². The van der Waals surface area contributed by atoms with Crippen LogP contribution in [0.5, 0.6) is 0 Å². The average Bonchev–Trinajstić information content (AvgIpc) is 3.15. The normalized spacial score (nSPS) is 19.0. The number of rotatable bonds is 6. The van der Waals surface area contributed by atoms with Crippen LogP contribution in [0.25, 0.3) is 0 Å². The van der Waals surface area contributed by atoms with Crippen molar-refractivity contribution in [1.82, 2.24) is 4.31 Å². The van der Waals surface area contributed by atoms with Crippen molar-refractivity contribution in [2.24, 2.45) is 0 Å². The summed E-state index contributed by atoms with van der Waals surface area (Å²) in [6.45, 7) is 4.97. The molecule has 0 saturated carbocycles. The fourth-order valence-electron chi connectivity index (χ4n) is 4.15. The molecule has 184 valence electrons. The molecule has 1 fully saturated rings. The summed E-state index contributed by atoms with van der Waals surface area (Å²) in [7, 11) is -7.60. The van der Waals surface area contributed by atoms with Gasteiger partial charge in [-0.3, -0.25) is 9.62 Å². The van der Waals surface area contributed by atoms with Gasteiger partial charge in [-0.25, -0.2) is 21.6 Å². The number of amides is 1. The molecule has 1 N–H and O–H groups in total. The molecule has 0 unspecified atom stereocenters. The van der Waals surface area contributed by atoms with Crippen LogP contribution in [0, 0.1) is 0 Å². The smallest absolute Gasteiger partial charge is 0.411 e. The second kappa shape index (κ2) is 9.53. The Labute approximate surface area is 199 Å². The highest BCUT2D eigenvalue weighted by atomic mass is 32.2. The number of sulfonamides is 2. The maximum atomic E-state index is 13.4. The summed E-state index contributed by atoms with van der Waals surface area (Å²) >= 11 is 0. The second-order valence-corrected chi connectivity index (χ2v) is 11.8. The molecule has 1 atom stereocenters. The largest absolute Gasteiger partial charge is 0.450 e. The summed E-state index contributed by atoms with van der Waals surface area (Å²) in [4.78, 5) is 11.8. The molecule has 2 aromatic carbocycles. The zero-order chi connectivity index (χ0) is 24.5. The minimum atomic E-state index is -3.91. The Hall–Kier alpha value is -2.67. The number of morpholine rings is 1. The zero-order valence-electron chi connectivity index (χ0n) is 18.9. The molecule has 34 heavy (non-hydrogen) atoms. The van der Waals surface area contributed by atoms with E-state index in [0.717, 1.165) is 0 Å². The van der Waals surface area contributed by atoms with Crippen LogP contribution < -0.4 is 9.62 Å². The highest BCUT2D eigenvalue weighted by Crippen LogP contribution is 2.38. The summed E-state index contributed by atoms with van der Waals surface area (Å²) in [5.74, 6) is 0. The molecule has 1 amide bonds. The Morgan fingerprint density at radius 3 is 2.32 bits per heavy atom. The third kappa shape index (κ3) is 4.63. The Kier molecular flexibility index (Phi) is 6.85. The molecule has 2 heterocycles. The maximum Gasteiger partial charge on any atom is 0.411 e. The fraction of sp³-hybridized carbons (Fsp3) is 0.409. The van der Waals surface area contributed by atoms with Crippen LogP contribution in [0.1, 0.15) is 19.4 Å². The molecule has 4 rings (SSSR count). The molecule has 2 aliphatic heterocycles. The number of hydrogen-bond donors (Lipinski definition) is 1. The molecule has 2 aliphatic rings. The van der Waals surface area contributed by atoms with E-state index >= 15 is 0 Å². The predicted octanol–water partition coefficient (Wildman–Crippen LogP) is 2.42. The van der Waals surface area contributed by atoms with Gasteiger partial charge in [-0.1, -0.05) is 0 Å². The lowest BCUT2D eigenvalue weighted by Crippen LogP contribution is -2.40. The molecule has 1 saturated heterocycles. The first-order chi connectivity index (χ1) is 16.1. The highest BCUT2D eigenvalue weighted by Gasteiger charge is 2.37. The quantitative estimate of drug-likeness (QED) is 0.634. The third-order valence-electron chi connectivity index (χ3n) is 5.74. The van der Waals surface area contributed by atoms with Crippen molar-refractivity contribution in [2.75, 3.05) is 42.5 Å². The minimum absolute atomic E-state index is 0.0617. The van der Waals surface area contributed by atoms with E-state index in [0.29, 0.717) is 36.6 Å². The van der Waals surface area contributed by atoms with E-state index in [2.05, 4.69) is 5.32 Å². The van der Waals surface area contributed by atoms with Crippen molar-refractivity contribution in [1.29, 1.82) is 0 Å². The molecule has 10 nitrogen and oxygen atoms in total. The van der Waals surface area contributed by atoms with Crippen molar-refractivity contribution in [3.8, 4) is 0 Å². The van der Waals surface area contributed by atoms with Gasteiger partial charge in [-0.05, 0) is 68.3 Å². The third-order valence-corrected chi connectivity index (χ3v) is 9.58. The van der Waals surface area contributed by atoms with E-state index in [9.17, 15) is 21.6 Å². The number of benzene rings is 2. The van der Waals surface area contributed by atoms with Gasteiger partial charge in [0.2, 0.25) is 10.0 Å². The topological polar surface area (TPSA) is 122 Å². The molecule has 0 aliphatic carbocycles. The number of nitrogens with one attached hydrogen (secondary N) is 1. The molecule has 12 heteroatoms. The summed E-state index contributed by atoms with van der Waals surface area (Å²) in [6, 6.07) is 10.00. The van der Waals surface area contributed by atoms with Gasteiger partial charge in [0.15, 0.2) is 0 Å². The molecule has 2 aromatic rings. The first-order valence-corrected chi connectivity index (χ1v) is 13.8. The van der Waals surface area contributed by atoms with Gasteiger partial charge in [0, 0.05) is 24.8 Å². The van der Waals surface area contributed by atoms with Gasteiger partial charge in [0.25, 0.3) is 10.0 Å². The minimum Gasteiger partial charge on any atom is -0.450 e. The van der Waals surface area contributed by atoms with Crippen molar-refractivity contribution in [2.45, 2.75) is 36.1 Å². The molecular formula is C22H27N3O7S2. The van der Waals surface area contributed by atoms with Gasteiger partial charge in [-0.15, -0.1) is 0 Å². The van der Waals surface area contributed by atoms with Crippen LogP contribution in [-0.4, -0.2) is 66.2 Å². The lowest BCUT2D eigenvalue weighted by molar-refractivity contribution is 0.0730. The highest BCUT2D eigenvalue weighted by molar-refractivity contribution is 7.93. The van der Waals surface area contributed by atoms with Crippen LogP contribution in [-0.2, 0) is 35.9 Å². The summed E-state index contributed by atoms with van der Waals surface area (Å²) in [5, 5.41) is 2.52. The number of fused-ring (bicyclic) bond motifs is 1. The molecule has 0 radical (unpaired) electrons. The van der Waals surface area contributed by atoms with Crippen molar-refractivity contribution in [3.05, 3.63) is 48.0 Å². The SMILES string of the molecule is CCOC(=O)Nc1ccc(S(=O)(=O)N2c3ccc(S(=O)(=O)N4CCOCC4)cc3C[C@H]2C)cc1. The van der Waals surface area contributed by atoms with Crippen LogP contribution in [0.4, 0.5) is 16.2 Å². The van der Waals surface area contributed by atoms with E-state index in [-0.39, 0.29) is 29.5 Å². The molecular weight excluding hydrogens is 482 g/mol. The molecule has 0 spiro atoms. The van der Waals surface area contributed by atoms with E-state index < -0.39 is 32.2 Å². The predicted molar refractivity (Wildman–Crippen MR) is 126 cm³/mol. The number of carbonyl (C=O) groups excluding carboxylic acids is 1. The van der Waals surface area contributed by atoms with Gasteiger partial charge in [0.05, 0.1) is 35.3 Å². The van der Waals surface area contributed by atoms with Crippen LogP contribution in [0.3, 0.4) is 0 Å². The first-order valence-electron chi connectivity index (χ1n) is 10.9. The molecule has 0 bridgehead atoms. The Morgan fingerprint density at radius 2 is 1.68 bits per heavy atom.